The average molecular weight is 411 g/mol. The molecule has 0 fully saturated rings. The van der Waals surface area contributed by atoms with Crippen molar-refractivity contribution in [1.82, 2.24) is 5.16 Å². The van der Waals surface area contributed by atoms with Crippen LogP contribution in [0, 0.1) is 18.7 Å². The van der Waals surface area contributed by atoms with Crippen LogP contribution in [0.4, 0.5) is 20.6 Å². The zero-order chi connectivity index (χ0) is 21.7. The Labute approximate surface area is 173 Å². The standard InChI is InChI=1S/C22H22FN3O4/c1-13(2)12-29-22(28)25-18-6-4-5-17(11-18)24-21(27)19-14(3)30-26-20(19)15-7-9-16(23)10-8-15/h4-11,13H,12H2,1-3H3,(H,24,27)(H,25,28). The number of carbonyl (C=O) groups excluding carboxylic acids is 2. The molecule has 1 aromatic heterocycles. The van der Waals surface area contributed by atoms with Gasteiger partial charge in [0, 0.05) is 16.9 Å². The average Bonchev–Trinajstić information content (AvgIpc) is 3.09. The lowest BCUT2D eigenvalue weighted by Crippen LogP contribution is -2.17. The molecule has 3 rings (SSSR count). The summed E-state index contributed by atoms with van der Waals surface area (Å²) in [6, 6.07) is 12.3. The Morgan fingerprint density at radius 2 is 1.77 bits per heavy atom. The quantitative estimate of drug-likeness (QED) is 0.578. The fourth-order valence-corrected chi connectivity index (χ4v) is 2.71. The van der Waals surface area contributed by atoms with Gasteiger partial charge in [0.1, 0.15) is 22.8 Å². The van der Waals surface area contributed by atoms with Crippen LogP contribution in [0.25, 0.3) is 11.3 Å². The van der Waals surface area contributed by atoms with Crippen molar-refractivity contribution in [2.45, 2.75) is 20.8 Å². The maximum Gasteiger partial charge on any atom is 0.411 e. The minimum atomic E-state index is -0.569. The van der Waals surface area contributed by atoms with Gasteiger partial charge in [-0.3, -0.25) is 10.1 Å². The summed E-state index contributed by atoms with van der Waals surface area (Å²) >= 11 is 0. The second-order valence-corrected chi connectivity index (χ2v) is 7.12. The van der Waals surface area contributed by atoms with Gasteiger partial charge in [-0.25, -0.2) is 9.18 Å². The smallest absolute Gasteiger partial charge is 0.411 e. The first-order valence-corrected chi connectivity index (χ1v) is 9.41. The number of ether oxygens (including phenoxy) is 1. The van der Waals surface area contributed by atoms with Gasteiger partial charge in [-0.15, -0.1) is 0 Å². The van der Waals surface area contributed by atoms with Gasteiger partial charge in [-0.1, -0.05) is 25.1 Å². The normalized spacial score (nSPS) is 10.7. The van der Waals surface area contributed by atoms with E-state index in [1.807, 2.05) is 13.8 Å². The highest BCUT2D eigenvalue weighted by molar-refractivity contribution is 6.09. The Balaban J connectivity index is 1.75. The third kappa shape index (κ3) is 5.22. The molecule has 2 N–H and O–H groups in total. The molecule has 2 amide bonds. The molecule has 0 radical (unpaired) electrons. The number of nitrogens with zero attached hydrogens (tertiary/aromatic N) is 1. The molecule has 0 saturated carbocycles. The number of nitrogens with one attached hydrogen (secondary N) is 2. The Morgan fingerprint density at radius 1 is 1.10 bits per heavy atom. The summed E-state index contributed by atoms with van der Waals surface area (Å²) in [5.41, 5.74) is 2.06. The molecule has 3 aromatic rings. The van der Waals surface area contributed by atoms with Crippen LogP contribution in [-0.2, 0) is 4.74 Å². The number of benzene rings is 2. The van der Waals surface area contributed by atoms with Crippen LogP contribution in [-0.4, -0.2) is 23.8 Å². The molecule has 0 unspecified atom stereocenters. The van der Waals surface area contributed by atoms with E-state index in [4.69, 9.17) is 9.26 Å². The lowest BCUT2D eigenvalue weighted by molar-refractivity contribution is 0.102. The molecule has 0 spiro atoms. The number of hydrogen-bond donors (Lipinski definition) is 2. The highest BCUT2D eigenvalue weighted by Crippen LogP contribution is 2.27. The van der Waals surface area contributed by atoms with Gasteiger partial charge in [0.15, 0.2) is 0 Å². The predicted octanol–water partition coefficient (Wildman–Crippen LogP) is 5.25. The van der Waals surface area contributed by atoms with Gasteiger partial charge >= 0.3 is 6.09 Å². The molecule has 156 valence electrons. The van der Waals surface area contributed by atoms with Gasteiger partial charge in [0.05, 0.1) is 6.61 Å². The first kappa shape index (κ1) is 21.0. The van der Waals surface area contributed by atoms with Crippen molar-refractivity contribution in [3.63, 3.8) is 0 Å². The largest absolute Gasteiger partial charge is 0.449 e. The van der Waals surface area contributed by atoms with Crippen molar-refractivity contribution in [1.29, 1.82) is 0 Å². The molecule has 30 heavy (non-hydrogen) atoms. The molecule has 1 heterocycles. The Bertz CT molecular complexity index is 1040. The van der Waals surface area contributed by atoms with Crippen LogP contribution < -0.4 is 10.6 Å². The monoisotopic (exact) mass is 411 g/mol. The fraction of sp³-hybridized carbons (Fsp3) is 0.227. The summed E-state index contributed by atoms with van der Waals surface area (Å²) in [4.78, 5) is 24.7. The van der Waals surface area contributed by atoms with Crippen LogP contribution in [0.15, 0.2) is 53.1 Å². The van der Waals surface area contributed by atoms with Gasteiger partial charge < -0.3 is 14.6 Å². The number of aryl methyl sites for hydroxylation is 1. The molecular formula is C22H22FN3O4. The molecule has 0 bridgehead atoms. The van der Waals surface area contributed by atoms with Gasteiger partial charge in [0.2, 0.25) is 0 Å². The third-order valence-corrected chi connectivity index (χ3v) is 4.12. The van der Waals surface area contributed by atoms with E-state index in [9.17, 15) is 14.0 Å². The molecule has 0 aliphatic carbocycles. The van der Waals surface area contributed by atoms with E-state index in [2.05, 4.69) is 15.8 Å². The molecular weight excluding hydrogens is 389 g/mol. The summed E-state index contributed by atoms with van der Waals surface area (Å²) in [7, 11) is 0. The van der Waals surface area contributed by atoms with Crippen molar-refractivity contribution in [2.24, 2.45) is 5.92 Å². The number of rotatable bonds is 6. The summed E-state index contributed by atoms with van der Waals surface area (Å²) in [5.74, 6) is -0.268. The summed E-state index contributed by atoms with van der Waals surface area (Å²) in [6.45, 7) is 5.81. The molecule has 0 aliphatic heterocycles. The van der Waals surface area contributed by atoms with Crippen LogP contribution in [0.3, 0.4) is 0 Å². The first-order valence-electron chi connectivity index (χ1n) is 9.41. The Morgan fingerprint density at radius 3 is 2.43 bits per heavy atom. The molecule has 7 nitrogen and oxygen atoms in total. The minimum Gasteiger partial charge on any atom is -0.449 e. The SMILES string of the molecule is Cc1onc(-c2ccc(F)cc2)c1C(=O)Nc1cccc(NC(=O)OCC(C)C)c1. The summed E-state index contributed by atoms with van der Waals surface area (Å²) in [6.07, 6.45) is -0.569. The zero-order valence-electron chi connectivity index (χ0n) is 16.9. The van der Waals surface area contributed by atoms with Crippen molar-refractivity contribution in [3.8, 4) is 11.3 Å². The van der Waals surface area contributed by atoms with Gasteiger partial charge in [-0.05, 0) is 55.3 Å². The molecule has 0 atom stereocenters. The second-order valence-electron chi connectivity index (χ2n) is 7.12. The number of anilines is 2. The van der Waals surface area contributed by atoms with E-state index >= 15 is 0 Å². The Kier molecular flexibility index (Phi) is 6.46. The number of amides is 2. The summed E-state index contributed by atoms with van der Waals surface area (Å²) in [5, 5.41) is 9.32. The first-order chi connectivity index (χ1) is 14.3. The molecule has 8 heteroatoms. The van der Waals surface area contributed by atoms with Crippen LogP contribution in [0.1, 0.15) is 30.0 Å². The Hall–Kier alpha value is -3.68. The molecule has 0 aliphatic rings. The minimum absolute atomic E-state index is 0.225. The van der Waals surface area contributed by atoms with Crippen LogP contribution in [0.5, 0.6) is 0 Å². The van der Waals surface area contributed by atoms with Crippen molar-refractivity contribution in [2.75, 3.05) is 17.2 Å². The van der Waals surface area contributed by atoms with E-state index in [-0.39, 0.29) is 17.3 Å². The summed E-state index contributed by atoms with van der Waals surface area (Å²) < 4.78 is 23.5. The van der Waals surface area contributed by atoms with E-state index in [1.54, 1.807) is 31.2 Å². The zero-order valence-corrected chi connectivity index (χ0v) is 16.9. The van der Waals surface area contributed by atoms with Crippen molar-refractivity contribution < 1.29 is 23.2 Å². The van der Waals surface area contributed by atoms with Gasteiger partial charge in [-0.2, -0.15) is 0 Å². The highest BCUT2D eigenvalue weighted by Gasteiger charge is 2.22. The van der Waals surface area contributed by atoms with Crippen molar-refractivity contribution >= 4 is 23.4 Å². The predicted molar refractivity (Wildman–Crippen MR) is 111 cm³/mol. The maximum absolute atomic E-state index is 13.2. The number of carbonyl (C=O) groups is 2. The van der Waals surface area contributed by atoms with E-state index in [1.165, 1.54) is 24.3 Å². The highest BCUT2D eigenvalue weighted by atomic mass is 19.1. The van der Waals surface area contributed by atoms with Crippen LogP contribution >= 0.6 is 0 Å². The van der Waals surface area contributed by atoms with Crippen molar-refractivity contribution in [3.05, 3.63) is 65.7 Å². The number of aromatic nitrogens is 1. The topological polar surface area (TPSA) is 93.5 Å². The number of halogens is 1. The maximum atomic E-state index is 13.2. The third-order valence-electron chi connectivity index (χ3n) is 4.12. The van der Waals surface area contributed by atoms with E-state index in [0.717, 1.165) is 0 Å². The van der Waals surface area contributed by atoms with E-state index in [0.29, 0.717) is 35.0 Å². The van der Waals surface area contributed by atoms with E-state index < -0.39 is 12.0 Å². The fourth-order valence-electron chi connectivity index (χ4n) is 2.71. The molecule has 0 saturated heterocycles. The van der Waals surface area contributed by atoms with Gasteiger partial charge in [0.25, 0.3) is 5.91 Å². The van der Waals surface area contributed by atoms with Crippen LogP contribution in [0.2, 0.25) is 0 Å². The lowest BCUT2D eigenvalue weighted by atomic mass is 10.1. The lowest BCUT2D eigenvalue weighted by Gasteiger charge is -2.10. The number of hydrogen-bond acceptors (Lipinski definition) is 5. The second kappa shape index (κ2) is 9.21. The molecule has 2 aromatic carbocycles.